The van der Waals surface area contributed by atoms with Crippen LogP contribution in [0.1, 0.15) is 21.3 Å². The molecule has 4 heterocycles. The minimum absolute atomic E-state index is 0.747. The van der Waals surface area contributed by atoms with Gasteiger partial charge in [0.05, 0.1) is 40.4 Å². The van der Waals surface area contributed by atoms with Gasteiger partial charge >= 0.3 is 0 Å². The third-order valence-electron chi connectivity index (χ3n) is 5.30. The zero-order valence-corrected chi connectivity index (χ0v) is 18.4. The zero-order valence-electron chi connectivity index (χ0n) is 16.8. The first-order valence-electron chi connectivity index (χ1n) is 9.78. The van der Waals surface area contributed by atoms with E-state index in [0.717, 1.165) is 70.9 Å². The molecule has 1 N–H and O–H groups in total. The molecule has 0 radical (unpaired) electrons. The predicted molar refractivity (Wildman–Crippen MR) is 121 cm³/mol. The minimum Gasteiger partial charge on any atom is -0.379 e. The first-order valence-corrected chi connectivity index (χ1v) is 11.4. The van der Waals surface area contributed by atoms with E-state index in [2.05, 4.69) is 47.2 Å². The number of aryl methyl sites for hydroxylation is 3. The second-order valence-corrected chi connectivity index (χ2v) is 9.82. The van der Waals surface area contributed by atoms with Crippen molar-refractivity contribution in [1.82, 2.24) is 19.9 Å². The van der Waals surface area contributed by atoms with E-state index in [0.29, 0.717) is 0 Å². The summed E-state index contributed by atoms with van der Waals surface area (Å²) in [4.78, 5) is 19.1. The molecule has 6 nitrogen and oxygen atoms in total. The number of benzene rings is 1. The maximum Gasteiger partial charge on any atom is 0.146 e. The van der Waals surface area contributed by atoms with E-state index in [1.54, 1.807) is 22.7 Å². The number of ether oxygens (including phenoxy) is 1. The lowest BCUT2D eigenvalue weighted by atomic mass is 10.2. The second kappa shape index (κ2) is 7.60. The number of hydrogen-bond acceptors (Lipinski definition) is 8. The summed E-state index contributed by atoms with van der Waals surface area (Å²) < 4.78 is 6.65. The summed E-state index contributed by atoms with van der Waals surface area (Å²) in [5.74, 6) is 1.75. The lowest BCUT2D eigenvalue weighted by molar-refractivity contribution is 0.0331. The van der Waals surface area contributed by atoms with E-state index < -0.39 is 0 Å². The van der Waals surface area contributed by atoms with Crippen molar-refractivity contribution in [2.75, 3.05) is 31.6 Å². The Morgan fingerprint density at radius 1 is 1.07 bits per heavy atom. The minimum atomic E-state index is 0.747. The van der Waals surface area contributed by atoms with Gasteiger partial charge in [-0.2, -0.15) is 0 Å². The Morgan fingerprint density at radius 2 is 1.90 bits per heavy atom. The van der Waals surface area contributed by atoms with Crippen LogP contribution in [-0.4, -0.2) is 46.2 Å². The highest BCUT2D eigenvalue weighted by Crippen LogP contribution is 2.35. The Kier molecular flexibility index (Phi) is 4.95. The average Bonchev–Trinajstić information content (AvgIpc) is 3.20. The van der Waals surface area contributed by atoms with Crippen LogP contribution in [0.3, 0.4) is 0 Å². The fraction of sp³-hybridized carbons (Fsp3) is 0.381. The van der Waals surface area contributed by atoms with Crippen LogP contribution in [0, 0.1) is 20.8 Å². The Labute approximate surface area is 177 Å². The van der Waals surface area contributed by atoms with Crippen molar-refractivity contribution < 1.29 is 4.74 Å². The van der Waals surface area contributed by atoms with Crippen LogP contribution >= 0.6 is 22.7 Å². The molecule has 4 aromatic rings. The molecule has 1 saturated heterocycles. The van der Waals surface area contributed by atoms with Gasteiger partial charge in [-0.05, 0) is 44.5 Å². The summed E-state index contributed by atoms with van der Waals surface area (Å²) in [7, 11) is 0. The van der Waals surface area contributed by atoms with Crippen LogP contribution in [0.15, 0.2) is 18.2 Å². The topological polar surface area (TPSA) is 63.2 Å². The maximum absolute atomic E-state index is 5.47. The number of hydrogen-bond donors (Lipinski definition) is 1. The summed E-state index contributed by atoms with van der Waals surface area (Å²) in [5.41, 5.74) is 3.32. The monoisotopic (exact) mass is 425 g/mol. The molecule has 29 heavy (non-hydrogen) atoms. The molecule has 0 saturated carbocycles. The molecule has 0 atom stereocenters. The smallest absolute Gasteiger partial charge is 0.146 e. The molecular weight excluding hydrogens is 402 g/mol. The number of morpholine rings is 1. The Balaban J connectivity index is 1.54. The highest BCUT2D eigenvalue weighted by Gasteiger charge is 2.18. The number of aromatic nitrogens is 3. The quantitative estimate of drug-likeness (QED) is 0.507. The molecule has 0 amide bonds. The molecular formula is C21H23N5OS2. The van der Waals surface area contributed by atoms with Crippen molar-refractivity contribution >= 4 is 54.6 Å². The average molecular weight is 426 g/mol. The molecule has 150 valence electrons. The number of nitrogens with zero attached hydrogens (tertiary/aromatic N) is 4. The number of fused-ring (bicyclic) bond motifs is 2. The van der Waals surface area contributed by atoms with Crippen molar-refractivity contribution in [3.05, 3.63) is 39.5 Å². The molecule has 1 aromatic carbocycles. The normalized spacial score (nSPS) is 15.4. The molecule has 1 fully saturated rings. The van der Waals surface area contributed by atoms with Gasteiger partial charge in [0.1, 0.15) is 16.5 Å². The molecule has 3 aromatic heterocycles. The SMILES string of the molecule is Cc1nc2ccc(Nc3nc(CN4CCOCC4)nc4sc(C)c(C)c34)cc2s1. The van der Waals surface area contributed by atoms with Crippen molar-refractivity contribution in [2.45, 2.75) is 27.3 Å². The molecule has 5 rings (SSSR count). The largest absolute Gasteiger partial charge is 0.379 e. The van der Waals surface area contributed by atoms with Crippen LogP contribution in [-0.2, 0) is 11.3 Å². The van der Waals surface area contributed by atoms with Crippen molar-refractivity contribution in [1.29, 1.82) is 0 Å². The summed E-state index contributed by atoms with van der Waals surface area (Å²) in [5, 5.41) is 5.78. The van der Waals surface area contributed by atoms with Gasteiger partial charge in [-0.25, -0.2) is 15.0 Å². The highest BCUT2D eigenvalue weighted by atomic mass is 32.1. The standard InChI is InChI=1S/C21H23N5OS2/c1-12-13(2)28-21-19(12)20(24-18(25-21)11-26-6-8-27-9-7-26)23-15-4-5-16-17(10-15)29-14(3)22-16/h4-5,10H,6-9,11H2,1-3H3,(H,23,24,25). The van der Waals surface area contributed by atoms with Crippen molar-refractivity contribution in [2.24, 2.45) is 0 Å². The number of rotatable bonds is 4. The summed E-state index contributed by atoms with van der Waals surface area (Å²) >= 11 is 3.46. The Bertz CT molecular complexity index is 1190. The van der Waals surface area contributed by atoms with E-state index in [4.69, 9.17) is 14.7 Å². The lowest BCUT2D eigenvalue weighted by Crippen LogP contribution is -2.36. The number of anilines is 2. The number of thiophene rings is 1. The van der Waals surface area contributed by atoms with Gasteiger partial charge in [-0.1, -0.05) is 0 Å². The molecule has 0 unspecified atom stereocenters. The number of nitrogens with one attached hydrogen (secondary N) is 1. The third-order valence-corrected chi connectivity index (χ3v) is 7.34. The first-order chi connectivity index (χ1) is 14.1. The van der Waals surface area contributed by atoms with Gasteiger partial charge in [0.2, 0.25) is 0 Å². The summed E-state index contributed by atoms with van der Waals surface area (Å²) in [6, 6.07) is 6.30. The van der Waals surface area contributed by atoms with E-state index in [1.807, 2.05) is 6.92 Å². The van der Waals surface area contributed by atoms with Gasteiger partial charge in [-0.15, -0.1) is 22.7 Å². The highest BCUT2D eigenvalue weighted by molar-refractivity contribution is 7.19. The van der Waals surface area contributed by atoms with Gasteiger partial charge < -0.3 is 10.1 Å². The summed E-state index contributed by atoms with van der Waals surface area (Å²) in [6.07, 6.45) is 0. The zero-order chi connectivity index (χ0) is 20.0. The van der Waals surface area contributed by atoms with E-state index in [-0.39, 0.29) is 0 Å². The molecule has 1 aliphatic rings. The predicted octanol–water partition coefficient (Wildman–Crippen LogP) is 4.80. The fourth-order valence-electron chi connectivity index (χ4n) is 3.67. The second-order valence-electron chi connectivity index (χ2n) is 7.38. The molecule has 0 aliphatic carbocycles. The Hall–Kier alpha value is -2.13. The number of thiazole rings is 1. The van der Waals surface area contributed by atoms with E-state index in [1.165, 1.54) is 15.1 Å². The van der Waals surface area contributed by atoms with Gasteiger partial charge in [-0.3, -0.25) is 4.90 Å². The van der Waals surface area contributed by atoms with E-state index >= 15 is 0 Å². The van der Waals surface area contributed by atoms with Crippen LogP contribution in [0.5, 0.6) is 0 Å². The van der Waals surface area contributed by atoms with Crippen molar-refractivity contribution in [3.63, 3.8) is 0 Å². The van der Waals surface area contributed by atoms with Gasteiger partial charge in [0.15, 0.2) is 0 Å². The van der Waals surface area contributed by atoms with E-state index in [9.17, 15) is 0 Å². The van der Waals surface area contributed by atoms with Crippen LogP contribution < -0.4 is 5.32 Å². The maximum atomic E-state index is 5.47. The molecule has 0 spiro atoms. The molecule has 0 bridgehead atoms. The lowest BCUT2D eigenvalue weighted by Gasteiger charge is -2.25. The van der Waals surface area contributed by atoms with Gasteiger partial charge in [0.25, 0.3) is 0 Å². The van der Waals surface area contributed by atoms with Crippen LogP contribution in [0.4, 0.5) is 11.5 Å². The molecule has 1 aliphatic heterocycles. The van der Waals surface area contributed by atoms with Crippen LogP contribution in [0.2, 0.25) is 0 Å². The first kappa shape index (κ1) is 18.9. The molecule has 8 heteroatoms. The van der Waals surface area contributed by atoms with Gasteiger partial charge in [0, 0.05) is 23.7 Å². The fourth-order valence-corrected chi connectivity index (χ4v) is 5.58. The Morgan fingerprint density at radius 3 is 2.72 bits per heavy atom. The van der Waals surface area contributed by atoms with Crippen LogP contribution in [0.25, 0.3) is 20.4 Å². The van der Waals surface area contributed by atoms with Crippen molar-refractivity contribution in [3.8, 4) is 0 Å². The summed E-state index contributed by atoms with van der Waals surface area (Å²) in [6.45, 7) is 10.5. The third kappa shape index (κ3) is 3.73.